The van der Waals surface area contributed by atoms with Crippen LogP contribution in [0.5, 0.6) is 5.88 Å². The van der Waals surface area contributed by atoms with E-state index in [2.05, 4.69) is 25.6 Å². The molecule has 10 heteroatoms. The molecule has 2 heterocycles. The molecule has 0 aliphatic heterocycles. The molecule has 0 saturated heterocycles. The van der Waals surface area contributed by atoms with Gasteiger partial charge < -0.3 is 14.7 Å². The Morgan fingerprint density at radius 2 is 1.77 bits per heavy atom. The molecule has 208 valence electrons. The average molecular weight is 543 g/mol. The summed E-state index contributed by atoms with van der Waals surface area (Å²) in [6, 6.07) is 18.3. The molecule has 40 heavy (non-hydrogen) atoms. The Kier molecular flexibility index (Phi) is 9.21. The van der Waals surface area contributed by atoms with Gasteiger partial charge in [-0.2, -0.15) is 5.21 Å². The van der Waals surface area contributed by atoms with Crippen LogP contribution in [0.15, 0.2) is 60.7 Å². The highest BCUT2D eigenvalue weighted by atomic mass is 16.5. The summed E-state index contributed by atoms with van der Waals surface area (Å²) in [5.74, 6) is -0.398. The lowest BCUT2D eigenvalue weighted by atomic mass is 9.94. The van der Waals surface area contributed by atoms with E-state index in [0.717, 1.165) is 46.4 Å². The third-order valence-electron chi connectivity index (χ3n) is 6.74. The Bertz CT molecular complexity index is 1440. The summed E-state index contributed by atoms with van der Waals surface area (Å²) in [4.78, 5) is 31.2. The zero-order valence-corrected chi connectivity index (χ0v) is 23.2. The number of amides is 1. The molecular formula is C30H34N6O4. The van der Waals surface area contributed by atoms with E-state index in [4.69, 9.17) is 4.74 Å². The van der Waals surface area contributed by atoms with Crippen LogP contribution in [0.25, 0.3) is 33.8 Å². The Hall–Kier alpha value is -4.60. The van der Waals surface area contributed by atoms with Gasteiger partial charge >= 0.3 is 5.97 Å². The molecule has 4 rings (SSSR count). The van der Waals surface area contributed by atoms with Crippen molar-refractivity contribution in [3.05, 3.63) is 66.2 Å². The first-order valence-corrected chi connectivity index (χ1v) is 13.3. The molecule has 2 aromatic heterocycles. The number of aromatic nitrogens is 5. The molecule has 4 aromatic rings. The van der Waals surface area contributed by atoms with Crippen LogP contribution in [0.2, 0.25) is 0 Å². The van der Waals surface area contributed by atoms with Gasteiger partial charge in [0.25, 0.3) is 0 Å². The van der Waals surface area contributed by atoms with Crippen molar-refractivity contribution >= 4 is 11.9 Å². The Labute approximate surface area is 233 Å². The van der Waals surface area contributed by atoms with Gasteiger partial charge in [-0.3, -0.25) is 4.79 Å². The maximum atomic E-state index is 13.1. The summed E-state index contributed by atoms with van der Waals surface area (Å²) in [5.41, 5.74) is 5.04. The monoisotopic (exact) mass is 542 g/mol. The molecule has 0 bridgehead atoms. The number of pyridine rings is 1. The molecule has 2 N–H and O–H groups in total. The van der Waals surface area contributed by atoms with Crippen LogP contribution in [-0.2, 0) is 16.1 Å². The summed E-state index contributed by atoms with van der Waals surface area (Å²) in [6.07, 6.45) is 1.90. The topological polar surface area (TPSA) is 134 Å². The highest BCUT2D eigenvalue weighted by Gasteiger charge is 2.32. The van der Waals surface area contributed by atoms with Crippen molar-refractivity contribution in [1.29, 1.82) is 0 Å². The van der Waals surface area contributed by atoms with E-state index in [9.17, 15) is 14.7 Å². The van der Waals surface area contributed by atoms with Crippen LogP contribution in [0.3, 0.4) is 0 Å². The van der Waals surface area contributed by atoms with Crippen molar-refractivity contribution in [3.63, 3.8) is 0 Å². The summed E-state index contributed by atoms with van der Waals surface area (Å²) in [6.45, 7) is 5.87. The lowest BCUT2D eigenvalue weighted by Gasteiger charge is -2.32. The number of hydrogen-bond donors (Lipinski definition) is 2. The molecule has 1 amide bonds. The summed E-state index contributed by atoms with van der Waals surface area (Å²) < 4.78 is 5.30. The van der Waals surface area contributed by atoms with Crippen LogP contribution < -0.4 is 4.74 Å². The van der Waals surface area contributed by atoms with E-state index >= 15 is 0 Å². The first-order chi connectivity index (χ1) is 19.3. The lowest BCUT2D eigenvalue weighted by molar-refractivity contribution is -0.153. The number of benzene rings is 2. The standard InChI is InChI=1S/C30H34N6O4/c1-5-6-10-27(37)36(28(19(2)3)30(38)39)18-20-11-13-21(14-12-20)24-17-22(25-8-7-9-26(31-25)40-4)15-16-23(24)29-32-34-35-33-29/h7-9,11-17,19,28H,5-6,10,18H2,1-4H3,(H,38,39)(H,32,33,34,35). The number of tetrazole rings is 1. The maximum Gasteiger partial charge on any atom is 0.326 e. The first kappa shape index (κ1) is 28.4. The van der Waals surface area contributed by atoms with Gasteiger partial charge in [-0.05, 0) is 52.4 Å². The van der Waals surface area contributed by atoms with Gasteiger partial charge in [-0.25, -0.2) is 9.78 Å². The number of rotatable bonds is 12. The van der Waals surface area contributed by atoms with E-state index in [1.165, 1.54) is 4.90 Å². The second-order valence-electron chi connectivity index (χ2n) is 9.91. The SMILES string of the molecule is CCCCC(=O)N(Cc1ccc(-c2cc(-c3cccc(OC)n3)ccc2-c2nn[nH]n2)cc1)C(C(=O)O)C(C)C. The summed E-state index contributed by atoms with van der Waals surface area (Å²) in [5, 5.41) is 24.5. The maximum absolute atomic E-state index is 13.1. The molecule has 10 nitrogen and oxygen atoms in total. The van der Waals surface area contributed by atoms with E-state index in [1.54, 1.807) is 13.2 Å². The van der Waals surface area contributed by atoms with E-state index in [1.807, 2.05) is 75.4 Å². The van der Waals surface area contributed by atoms with Gasteiger partial charge in [-0.15, -0.1) is 10.2 Å². The van der Waals surface area contributed by atoms with Gasteiger partial charge in [0.1, 0.15) is 6.04 Å². The van der Waals surface area contributed by atoms with Crippen molar-refractivity contribution in [2.75, 3.05) is 7.11 Å². The van der Waals surface area contributed by atoms with Gasteiger partial charge in [0.2, 0.25) is 17.6 Å². The Balaban J connectivity index is 1.70. The van der Waals surface area contributed by atoms with Gasteiger partial charge in [-0.1, -0.05) is 63.6 Å². The fourth-order valence-electron chi connectivity index (χ4n) is 4.68. The number of carbonyl (C=O) groups excluding carboxylic acids is 1. The van der Waals surface area contributed by atoms with Crippen LogP contribution >= 0.6 is 0 Å². The number of carboxylic acids is 1. The normalized spacial score (nSPS) is 11.8. The van der Waals surface area contributed by atoms with Crippen molar-refractivity contribution in [2.24, 2.45) is 5.92 Å². The van der Waals surface area contributed by atoms with Crippen LogP contribution in [0.4, 0.5) is 0 Å². The largest absolute Gasteiger partial charge is 0.481 e. The van der Waals surface area contributed by atoms with Crippen LogP contribution in [0, 0.1) is 5.92 Å². The number of aromatic amines is 1. The number of ether oxygens (including phenoxy) is 1. The number of carboxylic acid groups (broad SMARTS) is 1. The minimum atomic E-state index is -0.996. The number of carbonyl (C=O) groups is 2. The number of aliphatic carboxylic acids is 1. The molecule has 0 radical (unpaired) electrons. The molecule has 2 aromatic carbocycles. The number of methoxy groups -OCH3 is 1. The summed E-state index contributed by atoms with van der Waals surface area (Å²) >= 11 is 0. The number of hydrogen-bond acceptors (Lipinski definition) is 7. The average Bonchev–Trinajstić information content (AvgIpc) is 3.50. The predicted octanol–water partition coefficient (Wildman–Crippen LogP) is 5.23. The van der Waals surface area contributed by atoms with E-state index in [-0.39, 0.29) is 18.4 Å². The summed E-state index contributed by atoms with van der Waals surface area (Å²) in [7, 11) is 1.58. The number of nitrogens with one attached hydrogen (secondary N) is 1. The molecule has 1 atom stereocenters. The number of H-pyrrole nitrogens is 1. The first-order valence-electron chi connectivity index (χ1n) is 13.3. The van der Waals surface area contributed by atoms with Gasteiger partial charge in [0.05, 0.1) is 12.8 Å². The molecule has 0 fully saturated rings. The minimum Gasteiger partial charge on any atom is -0.481 e. The van der Waals surface area contributed by atoms with Crippen LogP contribution in [-0.4, -0.2) is 60.6 Å². The van der Waals surface area contributed by atoms with Crippen molar-refractivity contribution in [2.45, 2.75) is 52.6 Å². The highest BCUT2D eigenvalue weighted by molar-refractivity contribution is 5.85. The van der Waals surface area contributed by atoms with Gasteiger partial charge in [0, 0.05) is 30.2 Å². The molecule has 1 unspecified atom stereocenters. The highest BCUT2D eigenvalue weighted by Crippen LogP contribution is 2.34. The molecule has 0 spiro atoms. The van der Waals surface area contributed by atoms with Crippen LogP contribution in [0.1, 0.15) is 45.6 Å². The van der Waals surface area contributed by atoms with Crippen molar-refractivity contribution < 1.29 is 19.4 Å². The molecule has 0 aliphatic rings. The molecular weight excluding hydrogens is 508 g/mol. The Morgan fingerprint density at radius 1 is 1.02 bits per heavy atom. The van der Waals surface area contributed by atoms with Gasteiger partial charge in [0.15, 0.2) is 0 Å². The lowest BCUT2D eigenvalue weighted by Crippen LogP contribution is -2.47. The van der Waals surface area contributed by atoms with E-state index < -0.39 is 12.0 Å². The minimum absolute atomic E-state index is 0.148. The second-order valence-corrected chi connectivity index (χ2v) is 9.91. The zero-order valence-electron chi connectivity index (χ0n) is 23.2. The zero-order chi connectivity index (χ0) is 28.6. The fourth-order valence-corrected chi connectivity index (χ4v) is 4.68. The second kappa shape index (κ2) is 13.0. The van der Waals surface area contributed by atoms with E-state index in [0.29, 0.717) is 18.1 Å². The van der Waals surface area contributed by atoms with Crippen molar-refractivity contribution in [1.82, 2.24) is 30.5 Å². The third kappa shape index (κ3) is 6.51. The molecule has 0 aliphatic carbocycles. The number of nitrogens with zero attached hydrogens (tertiary/aromatic N) is 5. The predicted molar refractivity (Wildman–Crippen MR) is 151 cm³/mol. The van der Waals surface area contributed by atoms with Crippen molar-refractivity contribution in [3.8, 4) is 39.7 Å². The molecule has 0 saturated carbocycles. The Morgan fingerprint density at radius 3 is 2.40 bits per heavy atom. The quantitative estimate of drug-likeness (QED) is 0.248. The number of unbranched alkanes of at least 4 members (excludes halogenated alkanes) is 1. The third-order valence-corrected chi connectivity index (χ3v) is 6.74. The fraction of sp³-hybridized carbons (Fsp3) is 0.333. The smallest absolute Gasteiger partial charge is 0.326 e.